The van der Waals surface area contributed by atoms with Crippen molar-refractivity contribution in [1.29, 1.82) is 0 Å². The van der Waals surface area contributed by atoms with Crippen LogP contribution in [0.3, 0.4) is 0 Å². The summed E-state index contributed by atoms with van der Waals surface area (Å²) in [5, 5.41) is 31.6. The summed E-state index contributed by atoms with van der Waals surface area (Å²) in [4.78, 5) is 0. The van der Waals surface area contributed by atoms with E-state index in [1.165, 1.54) is 0 Å². The van der Waals surface area contributed by atoms with Gasteiger partial charge in [-0.3, -0.25) is 0 Å². The molecule has 0 aromatic heterocycles. The average molecular weight is 254 g/mol. The predicted molar refractivity (Wildman–Crippen MR) is 68.8 cm³/mol. The summed E-state index contributed by atoms with van der Waals surface area (Å²) in [6, 6.07) is 0. The van der Waals surface area contributed by atoms with Crippen molar-refractivity contribution in [2.75, 3.05) is 0 Å². The Hall–Kier alpha value is -0.120. The lowest BCUT2D eigenvalue weighted by atomic mass is 9.62. The largest absolute Gasteiger partial charge is 0.393 e. The molecule has 3 saturated carbocycles. The minimum absolute atomic E-state index is 0.00810. The molecular formula is C15H26O3. The van der Waals surface area contributed by atoms with Crippen molar-refractivity contribution in [2.45, 2.75) is 65.3 Å². The van der Waals surface area contributed by atoms with Crippen LogP contribution in [0.5, 0.6) is 0 Å². The molecule has 3 fully saturated rings. The summed E-state index contributed by atoms with van der Waals surface area (Å²) in [5.41, 5.74) is -0.550. The quantitative estimate of drug-likeness (QED) is 0.614. The Kier molecular flexibility index (Phi) is 2.37. The Balaban J connectivity index is 2.16. The highest BCUT2D eigenvalue weighted by Gasteiger charge is 2.74. The highest BCUT2D eigenvalue weighted by Crippen LogP contribution is 2.73. The fourth-order valence-electron chi connectivity index (χ4n) is 5.64. The van der Waals surface area contributed by atoms with E-state index in [4.69, 9.17) is 0 Å². The zero-order valence-corrected chi connectivity index (χ0v) is 11.8. The molecule has 7 atom stereocenters. The first-order valence-corrected chi connectivity index (χ1v) is 7.20. The maximum Gasteiger partial charge on any atom is 0.0638 e. The van der Waals surface area contributed by atoms with Crippen molar-refractivity contribution in [3.05, 3.63) is 0 Å². The molecule has 0 amide bonds. The van der Waals surface area contributed by atoms with Crippen LogP contribution in [0.1, 0.15) is 47.0 Å². The van der Waals surface area contributed by atoms with Crippen LogP contribution in [-0.4, -0.2) is 33.6 Å². The second kappa shape index (κ2) is 3.31. The molecule has 0 aromatic carbocycles. The van der Waals surface area contributed by atoms with Gasteiger partial charge in [0.25, 0.3) is 0 Å². The van der Waals surface area contributed by atoms with Crippen LogP contribution >= 0.6 is 0 Å². The molecule has 0 aromatic rings. The maximum absolute atomic E-state index is 10.8. The van der Waals surface area contributed by atoms with Gasteiger partial charge in [-0.2, -0.15) is 0 Å². The van der Waals surface area contributed by atoms with E-state index in [0.717, 1.165) is 12.8 Å². The second-order valence-electron chi connectivity index (χ2n) is 7.98. The van der Waals surface area contributed by atoms with Crippen molar-refractivity contribution >= 4 is 0 Å². The van der Waals surface area contributed by atoms with Gasteiger partial charge in [0, 0.05) is 5.41 Å². The van der Waals surface area contributed by atoms with Crippen LogP contribution < -0.4 is 0 Å². The van der Waals surface area contributed by atoms with E-state index in [2.05, 4.69) is 13.8 Å². The van der Waals surface area contributed by atoms with E-state index in [1.54, 1.807) is 0 Å². The monoisotopic (exact) mass is 254 g/mol. The molecule has 104 valence electrons. The summed E-state index contributed by atoms with van der Waals surface area (Å²) in [7, 11) is 0. The first-order chi connectivity index (χ1) is 8.16. The molecule has 18 heavy (non-hydrogen) atoms. The van der Waals surface area contributed by atoms with Crippen molar-refractivity contribution in [3.63, 3.8) is 0 Å². The Labute approximate surface area is 109 Å². The van der Waals surface area contributed by atoms with E-state index in [9.17, 15) is 15.3 Å². The van der Waals surface area contributed by atoms with E-state index in [0.29, 0.717) is 6.42 Å². The van der Waals surface area contributed by atoms with Crippen LogP contribution in [0.25, 0.3) is 0 Å². The minimum Gasteiger partial charge on any atom is -0.393 e. The van der Waals surface area contributed by atoms with E-state index < -0.39 is 6.10 Å². The Bertz CT molecular complexity index is 380. The lowest BCUT2D eigenvalue weighted by Gasteiger charge is -2.47. The standard InChI is InChI=1S/C15H26O3/c1-13(2)9(17)5-6-14(3)10-8(16)7-15(14,4)12(18)11(10)13/h8-12,16-18H,5-7H2,1-4H3/t8-,9-,10+,11?,12?,14-,15-/m1/s1. The number of hydrogen-bond acceptors (Lipinski definition) is 3. The van der Waals surface area contributed by atoms with Gasteiger partial charge in [0.15, 0.2) is 0 Å². The van der Waals surface area contributed by atoms with E-state index in [1.807, 2.05) is 13.8 Å². The minimum atomic E-state index is -0.402. The zero-order valence-electron chi connectivity index (χ0n) is 11.8. The Morgan fingerprint density at radius 1 is 0.889 bits per heavy atom. The molecule has 3 aliphatic rings. The smallest absolute Gasteiger partial charge is 0.0638 e. The van der Waals surface area contributed by atoms with Gasteiger partial charge in [-0.1, -0.05) is 27.7 Å². The van der Waals surface area contributed by atoms with E-state index in [-0.39, 0.29) is 40.3 Å². The molecule has 0 radical (unpaired) electrons. The third-order valence-electron chi connectivity index (χ3n) is 7.12. The number of aliphatic hydroxyl groups excluding tert-OH is 3. The molecule has 0 heterocycles. The molecular weight excluding hydrogens is 228 g/mol. The lowest BCUT2D eigenvalue weighted by Crippen LogP contribution is -2.50. The van der Waals surface area contributed by atoms with Crippen molar-refractivity contribution in [3.8, 4) is 0 Å². The van der Waals surface area contributed by atoms with Gasteiger partial charge in [-0.15, -0.1) is 0 Å². The summed E-state index contributed by atoms with van der Waals surface area (Å²) in [6.07, 6.45) is 1.29. The van der Waals surface area contributed by atoms with Crippen molar-refractivity contribution < 1.29 is 15.3 Å². The van der Waals surface area contributed by atoms with Gasteiger partial charge in [0.2, 0.25) is 0 Å². The molecule has 0 aliphatic heterocycles. The number of rotatable bonds is 0. The van der Waals surface area contributed by atoms with Crippen molar-refractivity contribution in [2.24, 2.45) is 28.1 Å². The molecule has 4 bridgehead atoms. The normalized spacial score (nSPS) is 61.8. The van der Waals surface area contributed by atoms with Crippen molar-refractivity contribution in [1.82, 2.24) is 0 Å². The van der Waals surface area contributed by atoms with Crippen LogP contribution in [0, 0.1) is 28.1 Å². The first-order valence-electron chi connectivity index (χ1n) is 7.20. The van der Waals surface area contributed by atoms with Crippen LogP contribution in [0.15, 0.2) is 0 Å². The highest BCUT2D eigenvalue weighted by molar-refractivity contribution is 5.23. The molecule has 3 heteroatoms. The number of hydrogen-bond donors (Lipinski definition) is 3. The SMILES string of the molecule is CC1(C)C2C(O)[C@@]3(C)C[C@@H](O)[C@@H]2[C@@]3(C)CC[C@H]1O. The summed E-state index contributed by atoms with van der Waals surface area (Å²) < 4.78 is 0. The topological polar surface area (TPSA) is 60.7 Å². The summed E-state index contributed by atoms with van der Waals surface area (Å²) in [6.45, 7) is 8.45. The molecule has 3 N–H and O–H groups in total. The van der Waals surface area contributed by atoms with E-state index >= 15 is 0 Å². The maximum atomic E-state index is 10.8. The molecule has 3 rings (SSSR count). The van der Waals surface area contributed by atoms with Gasteiger partial charge >= 0.3 is 0 Å². The van der Waals surface area contributed by atoms with Gasteiger partial charge in [-0.05, 0) is 41.9 Å². The third kappa shape index (κ3) is 1.13. The van der Waals surface area contributed by atoms with Crippen LogP contribution in [-0.2, 0) is 0 Å². The third-order valence-corrected chi connectivity index (χ3v) is 7.12. The van der Waals surface area contributed by atoms with Crippen LogP contribution in [0.4, 0.5) is 0 Å². The average Bonchev–Trinajstić information content (AvgIpc) is 2.52. The molecule has 2 unspecified atom stereocenters. The predicted octanol–water partition coefficient (Wildman–Crippen LogP) is 1.55. The fraction of sp³-hybridized carbons (Fsp3) is 1.00. The Morgan fingerprint density at radius 2 is 1.50 bits per heavy atom. The van der Waals surface area contributed by atoms with Gasteiger partial charge < -0.3 is 15.3 Å². The molecule has 0 saturated heterocycles. The molecule has 3 nitrogen and oxygen atoms in total. The fourth-order valence-corrected chi connectivity index (χ4v) is 5.64. The highest BCUT2D eigenvalue weighted by atomic mass is 16.3. The molecule has 3 aliphatic carbocycles. The zero-order chi connectivity index (χ0) is 13.5. The van der Waals surface area contributed by atoms with Gasteiger partial charge in [-0.25, -0.2) is 0 Å². The first kappa shape index (κ1) is 12.9. The molecule has 0 spiro atoms. The summed E-state index contributed by atoms with van der Waals surface area (Å²) in [5.74, 6) is 0.137. The number of aliphatic hydroxyl groups is 3. The van der Waals surface area contributed by atoms with Crippen LogP contribution in [0.2, 0.25) is 0 Å². The summed E-state index contributed by atoms with van der Waals surface area (Å²) >= 11 is 0. The van der Waals surface area contributed by atoms with Gasteiger partial charge in [0.05, 0.1) is 18.3 Å². The second-order valence-corrected chi connectivity index (χ2v) is 7.98. The van der Waals surface area contributed by atoms with Gasteiger partial charge in [0.1, 0.15) is 0 Å². The Morgan fingerprint density at radius 3 is 2.11 bits per heavy atom. The lowest BCUT2D eigenvalue weighted by molar-refractivity contribution is -0.118.